The van der Waals surface area contributed by atoms with E-state index in [2.05, 4.69) is 24.0 Å². The van der Waals surface area contributed by atoms with Crippen LogP contribution >= 0.6 is 11.6 Å². The molecule has 0 amide bonds. The molecular weight excluding hydrogens is 196 g/mol. The number of aromatic nitrogens is 2. The number of hydrogen-bond acceptors (Lipinski definition) is 1. The number of hydrogen-bond donors (Lipinski definition) is 0. The summed E-state index contributed by atoms with van der Waals surface area (Å²) in [6.45, 7) is 2.07. The van der Waals surface area contributed by atoms with Gasteiger partial charge in [-0.3, -0.25) is 0 Å². The second-order valence-corrected chi connectivity index (χ2v) is 3.51. The Bertz CT molecular complexity index is 434. The lowest BCUT2D eigenvalue weighted by molar-refractivity contribution is 1.05. The monoisotopic (exact) mass is 206 g/mol. The fourth-order valence-corrected chi connectivity index (χ4v) is 1.50. The van der Waals surface area contributed by atoms with E-state index in [1.54, 1.807) is 6.33 Å². The van der Waals surface area contributed by atoms with E-state index in [4.69, 9.17) is 11.6 Å². The predicted octanol–water partition coefficient (Wildman–Crippen LogP) is 2.92. The number of alkyl halides is 1. The van der Waals surface area contributed by atoms with E-state index in [-0.39, 0.29) is 0 Å². The summed E-state index contributed by atoms with van der Waals surface area (Å²) in [4.78, 5) is 4.17. The molecule has 0 aliphatic carbocycles. The smallest absolute Gasteiger partial charge is 0.0995 e. The molecule has 0 saturated carbocycles. The predicted molar refractivity (Wildman–Crippen MR) is 57.9 cm³/mol. The fraction of sp³-hybridized carbons (Fsp3) is 0.182. The minimum atomic E-state index is 0.457. The van der Waals surface area contributed by atoms with Gasteiger partial charge in [-0.05, 0) is 24.6 Å². The van der Waals surface area contributed by atoms with Gasteiger partial charge < -0.3 is 4.57 Å². The summed E-state index contributed by atoms with van der Waals surface area (Å²) in [7, 11) is 0. The molecule has 1 aromatic heterocycles. The highest BCUT2D eigenvalue weighted by Gasteiger charge is 1.99. The molecule has 2 rings (SSSR count). The third kappa shape index (κ3) is 1.80. The van der Waals surface area contributed by atoms with E-state index in [1.807, 2.05) is 22.9 Å². The number of halogens is 1. The SMILES string of the molecule is Cc1cccc(-n2cnc(CCl)c2)c1. The molecule has 0 unspecified atom stereocenters. The van der Waals surface area contributed by atoms with Crippen LogP contribution in [-0.2, 0) is 5.88 Å². The molecule has 0 fully saturated rings. The van der Waals surface area contributed by atoms with Gasteiger partial charge in [0, 0.05) is 11.9 Å². The average molecular weight is 207 g/mol. The van der Waals surface area contributed by atoms with Crippen molar-refractivity contribution < 1.29 is 0 Å². The summed E-state index contributed by atoms with van der Waals surface area (Å²) in [5, 5.41) is 0. The van der Waals surface area contributed by atoms with Gasteiger partial charge >= 0.3 is 0 Å². The quantitative estimate of drug-likeness (QED) is 0.691. The van der Waals surface area contributed by atoms with Crippen LogP contribution in [0.5, 0.6) is 0 Å². The maximum atomic E-state index is 5.68. The number of benzene rings is 1. The van der Waals surface area contributed by atoms with Crippen molar-refractivity contribution in [3.05, 3.63) is 48.0 Å². The molecule has 14 heavy (non-hydrogen) atoms. The van der Waals surface area contributed by atoms with Crippen LogP contribution in [0.3, 0.4) is 0 Å². The minimum absolute atomic E-state index is 0.457. The molecule has 0 atom stereocenters. The highest BCUT2D eigenvalue weighted by atomic mass is 35.5. The molecule has 0 spiro atoms. The zero-order chi connectivity index (χ0) is 9.97. The topological polar surface area (TPSA) is 17.8 Å². The summed E-state index contributed by atoms with van der Waals surface area (Å²) in [5.74, 6) is 0.457. The second kappa shape index (κ2) is 3.84. The van der Waals surface area contributed by atoms with Crippen molar-refractivity contribution in [3.8, 4) is 5.69 Å². The number of aryl methyl sites for hydroxylation is 1. The highest BCUT2D eigenvalue weighted by molar-refractivity contribution is 6.16. The Morgan fingerprint density at radius 1 is 1.43 bits per heavy atom. The Morgan fingerprint density at radius 2 is 2.29 bits per heavy atom. The molecule has 0 saturated heterocycles. The van der Waals surface area contributed by atoms with Crippen molar-refractivity contribution in [2.24, 2.45) is 0 Å². The van der Waals surface area contributed by atoms with Gasteiger partial charge in [-0.1, -0.05) is 12.1 Å². The van der Waals surface area contributed by atoms with Gasteiger partial charge in [-0.2, -0.15) is 0 Å². The van der Waals surface area contributed by atoms with E-state index in [0.29, 0.717) is 5.88 Å². The first kappa shape index (κ1) is 9.28. The van der Waals surface area contributed by atoms with Gasteiger partial charge in [0.2, 0.25) is 0 Å². The molecule has 72 valence electrons. The number of rotatable bonds is 2. The van der Waals surface area contributed by atoms with Crippen LogP contribution in [0.25, 0.3) is 5.69 Å². The van der Waals surface area contributed by atoms with E-state index < -0.39 is 0 Å². The summed E-state index contributed by atoms with van der Waals surface area (Å²) in [6.07, 6.45) is 3.73. The fourth-order valence-electron chi connectivity index (χ4n) is 1.36. The maximum absolute atomic E-state index is 5.68. The number of imidazole rings is 1. The Kier molecular flexibility index (Phi) is 2.55. The van der Waals surface area contributed by atoms with Crippen molar-refractivity contribution in [3.63, 3.8) is 0 Å². The first-order chi connectivity index (χ1) is 6.79. The van der Waals surface area contributed by atoms with E-state index in [1.165, 1.54) is 5.56 Å². The van der Waals surface area contributed by atoms with Crippen molar-refractivity contribution >= 4 is 11.6 Å². The first-order valence-electron chi connectivity index (χ1n) is 4.45. The zero-order valence-electron chi connectivity index (χ0n) is 7.94. The summed E-state index contributed by atoms with van der Waals surface area (Å²) >= 11 is 5.68. The molecule has 1 aromatic carbocycles. The zero-order valence-corrected chi connectivity index (χ0v) is 8.70. The number of nitrogens with zero attached hydrogens (tertiary/aromatic N) is 2. The molecule has 0 aliphatic rings. The first-order valence-corrected chi connectivity index (χ1v) is 4.99. The van der Waals surface area contributed by atoms with E-state index in [0.717, 1.165) is 11.4 Å². The van der Waals surface area contributed by atoms with Crippen molar-refractivity contribution in [1.29, 1.82) is 0 Å². The Morgan fingerprint density at radius 3 is 2.93 bits per heavy atom. The van der Waals surface area contributed by atoms with Crippen molar-refractivity contribution in [2.75, 3.05) is 0 Å². The van der Waals surface area contributed by atoms with Crippen molar-refractivity contribution in [1.82, 2.24) is 9.55 Å². The Balaban J connectivity index is 2.39. The van der Waals surface area contributed by atoms with E-state index in [9.17, 15) is 0 Å². The molecule has 0 bridgehead atoms. The van der Waals surface area contributed by atoms with Crippen LogP contribution in [0.4, 0.5) is 0 Å². The lowest BCUT2D eigenvalue weighted by Crippen LogP contribution is -1.89. The molecule has 0 N–H and O–H groups in total. The largest absolute Gasteiger partial charge is 0.306 e. The molecule has 0 aliphatic heterocycles. The average Bonchev–Trinajstić information content (AvgIpc) is 2.66. The normalized spacial score (nSPS) is 10.4. The molecule has 3 heteroatoms. The third-order valence-electron chi connectivity index (χ3n) is 2.07. The standard InChI is InChI=1S/C11H11ClN2/c1-9-3-2-4-11(5-9)14-7-10(6-12)13-8-14/h2-5,7-8H,6H2,1H3. The lowest BCUT2D eigenvalue weighted by atomic mass is 10.2. The second-order valence-electron chi connectivity index (χ2n) is 3.24. The van der Waals surface area contributed by atoms with Gasteiger partial charge in [0.25, 0.3) is 0 Å². The van der Waals surface area contributed by atoms with Crippen LogP contribution < -0.4 is 0 Å². The lowest BCUT2D eigenvalue weighted by Gasteiger charge is -2.01. The van der Waals surface area contributed by atoms with Crippen molar-refractivity contribution in [2.45, 2.75) is 12.8 Å². The van der Waals surface area contributed by atoms with Crippen LogP contribution in [0, 0.1) is 6.92 Å². The molecule has 1 heterocycles. The summed E-state index contributed by atoms with van der Waals surface area (Å²) < 4.78 is 1.98. The van der Waals surface area contributed by atoms with Gasteiger partial charge in [-0.25, -0.2) is 4.98 Å². The molecule has 2 nitrogen and oxygen atoms in total. The summed E-state index contributed by atoms with van der Waals surface area (Å²) in [6, 6.07) is 8.26. The van der Waals surface area contributed by atoms with Crippen LogP contribution in [0.2, 0.25) is 0 Å². The molecule has 0 radical (unpaired) electrons. The molecule has 2 aromatic rings. The summed E-state index contributed by atoms with van der Waals surface area (Å²) in [5.41, 5.74) is 3.26. The Hall–Kier alpha value is -1.28. The third-order valence-corrected chi connectivity index (χ3v) is 2.35. The van der Waals surface area contributed by atoms with E-state index >= 15 is 0 Å². The maximum Gasteiger partial charge on any atom is 0.0995 e. The van der Waals surface area contributed by atoms with Gasteiger partial charge in [-0.15, -0.1) is 11.6 Å². The molecular formula is C11H11ClN2. The van der Waals surface area contributed by atoms with Gasteiger partial charge in [0.1, 0.15) is 0 Å². The van der Waals surface area contributed by atoms with Crippen LogP contribution in [0.15, 0.2) is 36.8 Å². The highest BCUT2D eigenvalue weighted by Crippen LogP contribution is 2.11. The Labute approximate surface area is 88.2 Å². The van der Waals surface area contributed by atoms with Gasteiger partial charge in [0.05, 0.1) is 17.9 Å². The minimum Gasteiger partial charge on any atom is -0.306 e. The van der Waals surface area contributed by atoms with Crippen LogP contribution in [0.1, 0.15) is 11.3 Å². The van der Waals surface area contributed by atoms with Gasteiger partial charge in [0.15, 0.2) is 0 Å². The van der Waals surface area contributed by atoms with Crippen LogP contribution in [-0.4, -0.2) is 9.55 Å².